The summed E-state index contributed by atoms with van der Waals surface area (Å²) in [6.45, 7) is 7.49. The molecule has 0 aliphatic carbocycles. The fraction of sp³-hybridized carbons (Fsp3) is 0.583. The summed E-state index contributed by atoms with van der Waals surface area (Å²) >= 11 is 1.75. The fourth-order valence-electron chi connectivity index (χ4n) is 1.78. The van der Waals surface area contributed by atoms with Crippen molar-refractivity contribution in [1.82, 2.24) is 10.2 Å². The molecular weight excluding hydrogens is 236 g/mol. The van der Waals surface area contributed by atoms with Crippen LogP contribution in [0, 0.1) is 13.8 Å². The summed E-state index contributed by atoms with van der Waals surface area (Å²) in [5.74, 6) is 0. The van der Waals surface area contributed by atoms with E-state index in [2.05, 4.69) is 25.2 Å². The number of thiophene rings is 1. The summed E-state index contributed by atoms with van der Waals surface area (Å²) < 4.78 is 5.21. The molecule has 1 N–H and O–H groups in total. The molecule has 1 saturated heterocycles. The maximum absolute atomic E-state index is 11.8. The number of morpholine rings is 1. The molecular formula is C12H18N2O2S. The van der Waals surface area contributed by atoms with Gasteiger partial charge in [-0.2, -0.15) is 0 Å². The average molecular weight is 254 g/mol. The SMILES string of the molecule is Cc1cc(CNC(=O)N2CCOCC2)sc1C. The van der Waals surface area contributed by atoms with E-state index in [1.54, 1.807) is 16.2 Å². The molecule has 0 aromatic carbocycles. The molecule has 0 radical (unpaired) electrons. The third kappa shape index (κ3) is 3.20. The van der Waals surface area contributed by atoms with Crippen LogP contribution in [0.25, 0.3) is 0 Å². The summed E-state index contributed by atoms with van der Waals surface area (Å²) in [5, 5.41) is 2.95. The monoisotopic (exact) mass is 254 g/mol. The molecule has 1 aliphatic rings. The number of amides is 2. The Kier molecular flexibility index (Phi) is 4.02. The Morgan fingerprint density at radius 1 is 1.47 bits per heavy atom. The van der Waals surface area contributed by atoms with Crippen molar-refractivity contribution in [2.45, 2.75) is 20.4 Å². The molecule has 5 heteroatoms. The standard InChI is InChI=1S/C12H18N2O2S/c1-9-7-11(17-10(9)2)8-13-12(15)14-3-5-16-6-4-14/h7H,3-6,8H2,1-2H3,(H,13,15). The van der Waals surface area contributed by atoms with Crippen molar-refractivity contribution in [3.05, 3.63) is 21.4 Å². The third-order valence-corrected chi connectivity index (χ3v) is 4.08. The number of hydrogen-bond donors (Lipinski definition) is 1. The second kappa shape index (κ2) is 5.51. The summed E-state index contributed by atoms with van der Waals surface area (Å²) in [7, 11) is 0. The summed E-state index contributed by atoms with van der Waals surface area (Å²) in [5.41, 5.74) is 1.30. The van der Waals surface area contributed by atoms with Crippen LogP contribution in [-0.4, -0.2) is 37.2 Å². The molecule has 17 heavy (non-hydrogen) atoms. The summed E-state index contributed by atoms with van der Waals surface area (Å²) in [6.07, 6.45) is 0. The van der Waals surface area contributed by atoms with Crippen molar-refractivity contribution in [1.29, 1.82) is 0 Å². The van der Waals surface area contributed by atoms with Crippen LogP contribution in [0.15, 0.2) is 6.07 Å². The van der Waals surface area contributed by atoms with E-state index < -0.39 is 0 Å². The number of ether oxygens (including phenoxy) is 1. The third-order valence-electron chi connectivity index (χ3n) is 2.93. The molecule has 0 bridgehead atoms. The molecule has 4 nitrogen and oxygen atoms in total. The Balaban J connectivity index is 1.83. The second-order valence-corrected chi connectivity index (χ2v) is 5.55. The van der Waals surface area contributed by atoms with Gasteiger partial charge < -0.3 is 15.0 Å². The van der Waals surface area contributed by atoms with Crippen LogP contribution in [0.1, 0.15) is 15.3 Å². The lowest BCUT2D eigenvalue weighted by Gasteiger charge is -2.26. The van der Waals surface area contributed by atoms with Crippen molar-refractivity contribution in [2.24, 2.45) is 0 Å². The van der Waals surface area contributed by atoms with Crippen LogP contribution in [0.4, 0.5) is 4.79 Å². The zero-order chi connectivity index (χ0) is 12.3. The summed E-state index contributed by atoms with van der Waals surface area (Å²) in [4.78, 5) is 16.2. The first-order valence-corrected chi connectivity index (χ1v) is 6.65. The molecule has 0 unspecified atom stereocenters. The van der Waals surface area contributed by atoms with E-state index in [-0.39, 0.29) is 6.03 Å². The molecule has 0 spiro atoms. The molecule has 2 rings (SSSR count). The number of aryl methyl sites for hydroxylation is 2. The van der Waals surface area contributed by atoms with Gasteiger partial charge in [0.05, 0.1) is 19.8 Å². The van der Waals surface area contributed by atoms with E-state index in [0.717, 1.165) is 0 Å². The fourth-order valence-corrected chi connectivity index (χ4v) is 2.77. The predicted octanol–water partition coefficient (Wildman–Crippen LogP) is 1.91. The van der Waals surface area contributed by atoms with Crippen LogP contribution in [0.5, 0.6) is 0 Å². The van der Waals surface area contributed by atoms with Crippen LogP contribution in [0.2, 0.25) is 0 Å². The number of nitrogens with one attached hydrogen (secondary N) is 1. The molecule has 0 atom stereocenters. The minimum Gasteiger partial charge on any atom is -0.378 e. The molecule has 1 aromatic heterocycles. The van der Waals surface area contributed by atoms with Gasteiger partial charge in [0.1, 0.15) is 0 Å². The average Bonchev–Trinajstić information content (AvgIpc) is 2.67. The van der Waals surface area contributed by atoms with Crippen molar-refractivity contribution in [2.75, 3.05) is 26.3 Å². The van der Waals surface area contributed by atoms with Crippen LogP contribution >= 0.6 is 11.3 Å². The lowest BCUT2D eigenvalue weighted by atomic mass is 10.3. The van der Waals surface area contributed by atoms with Crippen LogP contribution in [-0.2, 0) is 11.3 Å². The number of nitrogens with zero attached hydrogens (tertiary/aromatic N) is 1. The Labute approximate surface area is 106 Å². The Hall–Kier alpha value is -1.07. The van der Waals surface area contributed by atoms with E-state index in [1.807, 2.05) is 0 Å². The highest BCUT2D eigenvalue weighted by Gasteiger charge is 2.16. The van der Waals surface area contributed by atoms with E-state index >= 15 is 0 Å². The van der Waals surface area contributed by atoms with Gasteiger partial charge in [0.2, 0.25) is 0 Å². The highest BCUT2D eigenvalue weighted by atomic mass is 32.1. The molecule has 1 aliphatic heterocycles. The number of urea groups is 1. The van der Waals surface area contributed by atoms with E-state index in [0.29, 0.717) is 32.8 Å². The number of hydrogen-bond acceptors (Lipinski definition) is 3. The lowest BCUT2D eigenvalue weighted by Crippen LogP contribution is -2.45. The van der Waals surface area contributed by atoms with Gasteiger partial charge in [0, 0.05) is 22.8 Å². The Morgan fingerprint density at radius 3 is 2.76 bits per heavy atom. The predicted molar refractivity (Wildman–Crippen MR) is 68.4 cm³/mol. The quantitative estimate of drug-likeness (QED) is 0.876. The smallest absolute Gasteiger partial charge is 0.317 e. The zero-order valence-corrected chi connectivity index (χ0v) is 11.1. The Bertz CT molecular complexity index is 378. The molecule has 0 saturated carbocycles. The highest BCUT2D eigenvalue weighted by molar-refractivity contribution is 7.12. The van der Waals surface area contributed by atoms with Crippen LogP contribution < -0.4 is 5.32 Å². The van der Waals surface area contributed by atoms with E-state index in [4.69, 9.17) is 4.74 Å². The topological polar surface area (TPSA) is 41.6 Å². The van der Waals surface area contributed by atoms with Gasteiger partial charge in [-0.15, -0.1) is 11.3 Å². The maximum atomic E-state index is 11.8. The van der Waals surface area contributed by atoms with Crippen molar-refractivity contribution in [3.8, 4) is 0 Å². The minimum atomic E-state index is 0.0111. The van der Waals surface area contributed by atoms with Gasteiger partial charge in [-0.05, 0) is 25.5 Å². The van der Waals surface area contributed by atoms with Gasteiger partial charge in [-0.1, -0.05) is 0 Å². The van der Waals surface area contributed by atoms with Gasteiger partial charge in [-0.25, -0.2) is 4.79 Å². The minimum absolute atomic E-state index is 0.0111. The lowest BCUT2D eigenvalue weighted by molar-refractivity contribution is 0.0531. The van der Waals surface area contributed by atoms with Gasteiger partial charge in [-0.3, -0.25) is 0 Å². The highest BCUT2D eigenvalue weighted by Crippen LogP contribution is 2.20. The molecule has 1 fully saturated rings. The van der Waals surface area contributed by atoms with Crippen LogP contribution in [0.3, 0.4) is 0 Å². The van der Waals surface area contributed by atoms with Crippen molar-refractivity contribution < 1.29 is 9.53 Å². The van der Waals surface area contributed by atoms with Gasteiger partial charge >= 0.3 is 6.03 Å². The molecule has 2 heterocycles. The van der Waals surface area contributed by atoms with Crippen molar-refractivity contribution in [3.63, 3.8) is 0 Å². The first kappa shape index (κ1) is 12.4. The summed E-state index contributed by atoms with van der Waals surface area (Å²) in [6, 6.07) is 2.15. The largest absolute Gasteiger partial charge is 0.378 e. The Morgan fingerprint density at radius 2 is 2.18 bits per heavy atom. The van der Waals surface area contributed by atoms with E-state index in [1.165, 1.54) is 15.3 Å². The maximum Gasteiger partial charge on any atom is 0.317 e. The van der Waals surface area contributed by atoms with Gasteiger partial charge in [0.15, 0.2) is 0 Å². The molecule has 1 aromatic rings. The number of rotatable bonds is 2. The first-order chi connectivity index (χ1) is 8.16. The molecule has 2 amide bonds. The van der Waals surface area contributed by atoms with Gasteiger partial charge in [0.25, 0.3) is 0 Å². The number of carbonyl (C=O) groups is 1. The van der Waals surface area contributed by atoms with Crippen molar-refractivity contribution >= 4 is 17.4 Å². The second-order valence-electron chi connectivity index (χ2n) is 4.21. The zero-order valence-electron chi connectivity index (χ0n) is 10.3. The normalized spacial score (nSPS) is 16.0. The first-order valence-electron chi connectivity index (χ1n) is 5.83. The number of carbonyl (C=O) groups excluding carboxylic acids is 1. The van der Waals surface area contributed by atoms with E-state index in [9.17, 15) is 4.79 Å². The molecule has 94 valence electrons.